The van der Waals surface area contributed by atoms with Crippen molar-refractivity contribution in [1.29, 1.82) is 0 Å². The molecule has 2 unspecified atom stereocenters. The van der Waals surface area contributed by atoms with Gasteiger partial charge in [-0.2, -0.15) is 0 Å². The minimum atomic E-state index is 0.00772. The summed E-state index contributed by atoms with van der Waals surface area (Å²) in [6.45, 7) is 5.58. The Hall–Kier alpha value is -0.650. The maximum Gasteiger partial charge on any atom is 0.249 e. The van der Waals surface area contributed by atoms with Crippen LogP contribution in [0.25, 0.3) is 0 Å². The van der Waals surface area contributed by atoms with Gasteiger partial charge in [-0.1, -0.05) is 6.92 Å². The summed E-state index contributed by atoms with van der Waals surface area (Å²) < 4.78 is 5.39. The van der Waals surface area contributed by atoms with Crippen LogP contribution in [0.4, 0.5) is 0 Å². The molecule has 2 aliphatic heterocycles. The Morgan fingerprint density at radius 3 is 3.00 bits per heavy atom. The second-order valence-corrected chi connectivity index (χ2v) is 4.82. The molecule has 1 amide bonds. The highest BCUT2D eigenvalue weighted by molar-refractivity contribution is 5.78. The predicted octanol–water partition coefficient (Wildman–Crippen LogP) is 0.00440. The van der Waals surface area contributed by atoms with Gasteiger partial charge in [0.05, 0.1) is 12.3 Å². The summed E-state index contributed by atoms with van der Waals surface area (Å²) in [4.78, 5) is 16.3. The van der Waals surface area contributed by atoms with Crippen LogP contribution in [0.15, 0.2) is 0 Å². The number of nitrogens with zero attached hydrogens (tertiary/aromatic N) is 2. The average Bonchev–Trinajstić information content (AvgIpc) is 2.39. The Bertz CT molecular complexity index is 272. The molecule has 0 spiro atoms. The van der Waals surface area contributed by atoms with Crippen molar-refractivity contribution in [1.82, 2.24) is 9.80 Å². The Morgan fingerprint density at radius 2 is 2.29 bits per heavy atom. The largest absolute Gasteiger partial charge is 0.365 e. The molecule has 2 saturated heterocycles. The molecule has 0 aromatic rings. The monoisotopic (exact) mass is 241 g/mol. The fraction of sp³-hybridized carbons (Fsp3) is 0.917. The number of nitrogens with two attached hydrogens (primary N) is 1. The van der Waals surface area contributed by atoms with E-state index in [4.69, 9.17) is 10.5 Å². The Morgan fingerprint density at radius 1 is 1.47 bits per heavy atom. The van der Waals surface area contributed by atoms with Crippen LogP contribution in [0.5, 0.6) is 0 Å². The molecule has 17 heavy (non-hydrogen) atoms. The van der Waals surface area contributed by atoms with E-state index in [-0.39, 0.29) is 24.8 Å². The third kappa shape index (κ3) is 2.78. The fourth-order valence-corrected chi connectivity index (χ4v) is 2.77. The van der Waals surface area contributed by atoms with E-state index in [1.165, 1.54) is 12.8 Å². The molecular formula is C12H23N3O2. The van der Waals surface area contributed by atoms with Gasteiger partial charge in [0.15, 0.2) is 0 Å². The van der Waals surface area contributed by atoms with E-state index >= 15 is 0 Å². The third-order valence-corrected chi connectivity index (χ3v) is 3.77. The maximum atomic E-state index is 11.9. The van der Waals surface area contributed by atoms with E-state index in [0.29, 0.717) is 13.1 Å². The first-order valence-electron chi connectivity index (χ1n) is 6.61. The van der Waals surface area contributed by atoms with Crippen LogP contribution >= 0.6 is 0 Å². The van der Waals surface area contributed by atoms with Crippen molar-refractivity contribution in [3.8, 4) is 0 Å². The molecule has 0 aliphatic carbocycles. The Balaban J connectivity index is 2.04. The van der Waals surface area contributed by atoms with Crippen LogP contribution in [0.2, 0.25) is 0 Å². The normalized spacial score (nSPS) is 31.9. The van der Waals surface area contributed by atoms with Gasteiger partial charge in [-0.25, -0.2) is 0 Å². The van der Waals surface area contributed by atoms with Crippen LogP contribution < -0.4 is 5.73 Å². The van der Waals surface area contributed by atoms with Crippen molar-refractivity contribution >= 4 is 5.91 Å². The van der Waals surface area contributed by atoms with E-state index in [1.807, 2.05) is 4.90 Å². The van der Waals surface area contributed by atoms with Gasteiger partial charge in [0.1, 0.15) is 6.61 Å². The Labute approximate surface area is 103 Å². The minimum Gasteiger partial charge on any atom is -0.365 e. The number of hydrogen-bond acceptors (Lipinski definition) is 4. The molecule has 2 N–H and O–H groups in total. The molecule has 0 aromatic carbocycles. The second kappa shape index (κ2) is 5.80. The standard InChI is InChI=1S/C12H23N3O2/c1-2-14-6-4-3-5-11(14)15-8-10(7-13)17-9-12(15)16/h10-11H,2-9,13H2,1H3. The van der Waals surface area contributed by atoms with Gasteiger partial charge in [0.2, 0.25) is 5.91 Å². The summed E-state index contributed by atoms with van der Waals surface area (Å²) in [6, 6.07) is 0. The Kier molecular flexibility index (Phi) is 4.36. The predicted molar refractivity (Wildman–Crippen MR) is 65.4 cm³/mol. The van der Waals surface area contributed by atoms with Crippen molar-refractivity contribution in [3.05, 3.63) is 0 Å². The van der Waals surface area contributed by atoms with Crippen molar-refractivity contribution in [2.75, 3.05) is 32.8 Å². The van der Waals surface area contributed by atoms with Crippen molar-refractivity contribution in [3.63, 3.8) is 0 Å². The zero-order chi connectivity index (χ0) is 12.3. The fourth-order valence-electron chi connectivity index (χ4n) is 2.77. The number of carbonyl (C=O) groups is 1. The summed E-state index contributed by atoms with van der Waals surface area (Å²) in [5.74, 6) is 0.111. The van der Waals surface area contributed by atoms with Gasteiger partial charge in [-0.05, 0) is 25.8 Å². The average molecular weight is 241 g/mol. The first kappa shape index (κ1) is 12.8. The number of amides is 1. The molecule has 0 saturated carbocycles. The summed E-state index contributed by atoms with van der Waals surface area (Å²) in [7, 11) is 0. The minimum absolute atomic E-state index is 0.00772. The van der Waals surface area contributed by atoms with Crippen LogP contribution in [-0.4, -0.2) is 60.8 Å². The summed E-state index contributed by atoms with van der Waals surface area (Å²) >= 11 is 0. The molecule has 0 bridgehead atoms. The van der Waals surface area contributed by atoms with Crippen LogP contribution in [0.3, 0.4) is 0 Å². The van der Waals surface area contributed by atoms with E-state index in [9.17, 15) is 4.79 Å². The zero-order valence-electron chi connectivity index (χ0n) is 10.6. The number of rotatable bonds is 3. The maximum absolute atomic E-state index is 11.9. The molecule has 5 heteroatoms. The van der Waals surface area contributed by atoms with Crippen molar-refractivity contribution in [2.24, 2.45) is 5.73 Å². The molecule has 0 aromatic heterocycles. The van der Waals surface area contributed by atoms with Gasteiger partial charge < -0.3 is 15.4 Å². The molecule has 2 atom stereocenters. The summed E-state index contributed by atoms with van der Waals surface area (Å²) in [6.07, 6.45) is 3.80. The topological polar surface area (TPSA) is 58.8 Å². The molecule has 0 radical (unpaired) electrons. The summed E-state index contributed by atoms with van der Waals surface area (Å²) in [5.41, 5.74) is 5.63. The number of carbonyl (C=O) groups excluding carboxylic acids is 1. The summed E-state index contributed by atoms with van der Waals surface area (Å²) in [5, 5.41) is 0. The van der Waals surface area contributed by atoms with Gasteiger partial charge in [-0.3, -0.25) is 9.69 Å². The molecule has 2 fully saturated rings. The molecule has 2 aliphatic rings. The van der Waals surface area contributed by atoms with Gasteiger partial charge in [-0.15, -0.1) is 0 Å². The van der Waals surface area contributed by atoms with Gasteiger partial charge >= 0.3 is 0 Å². The van der Waals surface area contributed by atoms with E-state index in [0.717, 1.165) is 19.5 Å². The van der Waals surface area contributed by atoms with Crippen molar-refractivity contribution in [2.45, 2.75) is 38.5 Å². The number of likely N-dealkylation sites (tertiary alicyclic amines) is 1. The lowest BCUT2D eigenvalue weighted by Crippen LogP contribution is -2.59. The number of piperidine rings is 1. The molecule has 5 nitrogen and oxygen atoms in total. The van der Waals surface area contributed by atoms with Gasteiger partial charge in [0.25, 0.3) is 0 Å². The first-order valence-corrected chi connectivity index (χ1v) is 6.61. The molecular weight excluding hydrogens is 218 g/mol. The molecule has 2 heterocycles. The lowest BCUT2D eigenvalue weighted by molar-refractivity contribution is -0.159. The number of morpholine rings is 1. The quantitative estimate of drug-likeness (QED) is 0.756. The molecule has 2 rings (SSSR count). The first-order chi connectivity index (χ1) is 8.26. The number of hydrogen-bond donors (Lipinski definition) is 1. The lowest BCUT2D eigenvalue weighted by Gasteiger charge is -2.45. The van der Waals surface area contributed by atoms with Gasteiger partial charge in [0, 0.05) is 19.6 Å². The third-order valence-electron chi connectivity index (χ3n) is 3.77. The highest BCUT2D eigenvalue weighted by atomic mass is 16.5. The zero-order valence-corrected chi connectivity index (χ0v) is 10.6. The molecule has 98 valence electrons. The van der Waals surface area contributed by atoms with Crippen molar-refractivity contribution < 1.29 is 9.53 Å². The SMILES string of the molecule is CCN1CCCCC1N1CC(CN)OCC1=O. The smallest absolute Gasteiger partial charge is 0.249 e. The van der Waals surface area contributed by atoms with E-state index in [2.05, 4.69) is 11.8 Å². The highest BCUT2D eigenvalue weighted by Crippen LogP contribution is 2.22. The number of ether oxygens (including phenoxy) is 1. The second-order valence-electron chi connectivity index (χ2n) is 4.82. The van der Waals surface area contributed by atoms with E-state index < -0.39 is 0 Å². The van der Waals surface area contributed by atoms with Crippen LogP contribution in [0, 0.1) is 0 Å². The highest BCUT2D eigenvalue weighted by Gasteiger charge is 2.34. The lowest BCUT2D eigenvalue weighted by atomic mass is 10.1. The van der Waals surface area contributed by atoms with E-state index in [1.54, 1.807) is 0 Å². The van der Waals surface area contributed by atoms with Crippen LogP contribution in [0.1, 0.15) is 26.2 Å². The van der Waals surface area contributed by atoms with Crippen LogP contribution in [-0.2, 0) is 9.53 Å².